The maximum atomic E-state index is 10.1. The van der Waals surface area contributed by atoms with Crippen molar-refractivity contribution in [3.8, 4) is 0 Å². The zero-order valence-electron chi connectivity index (χ0n) is 21.4. The molecule has 2 aromatic carbocycles. The molecule has 0 heterocycles. The molecule has 0 aliphatic rings. The summed E-state index contributed by atoms with van der Waals surface area (Å²) in [6.07, 6.45) is 15.6. The number of hydrogen-bond acceptors (Lipinski definition) is 3. The van der Waals surface area contributed by atoms with Crippen molar-refractivity contribution in [3.63, 3.8) is 0 Å². The molecular formula is C31H47NO2. The maximum absolute atomic E-state index is 10.1. The van der Waals surface area contributed by atoms with E-state index in [9.17, 15) is 10.2 Å². The van der Waals surface area contributed by atoms with Crippen molar-refractivity contribution >= 4 is 0 Å². The molecule has 0 fully saturated rings. The van der Waals surface area contributed by atoms with Gasteiger partial charge in [0.1, 0.15) is 0 Å². The van der Waals surface area contributed by atoms with Gasteiger partial charge in [-0.15, -0.1) is 0 Å². The van der Waals surface area contributed by atoms with Crippen LogP contribution in [0.25, 0.3) is 0 Å². The average molecular weight is 466 g/mol. The quantitative estimate of drug-likeness (QED) is 0.169. The monoisotopic (exact) mass is 465 g/mol. The molecule has 0 aromatic heterocycles. The second kappa shape index (κ2) is 18.4. The van der Waals surface area contributed by atoms with Gasteiger partial charge in [0.15, 0.2) is 0 Å². The molecular weight excluding hydrogens is 418 g/mol. The SMILES string of the molecule is CCCCCCCCCCC/C(=C/C(CCO)N(Cc1ccccc1)Cc1ccccc1)CO. The summed E-state index contributed by atoms with van der Waals surface area (Å²) in [6.45, 7) is 4.13. The van der Waals surface area contributed by atoms with Crippen LogP contribution in [0.3, 0.4) is 0 Å². The van der Waals surface area contributed by atoms with Crippen LogP contribution in [-0.4, -0.2) is 34.4 Å². The van der Waals surface area contributed by atoms with Gasteiger partial charge in [-0.25, -0.2) is 0 Å². The van der Waals surface area contributed by atoms with Gasteiger partial charge in [0.05, 0.1) is 6.61 Å². The van der Waals surface area contributed by atoms with E-state index in [1.807, 2.05) is 12.1 Å². The highest BCUT2D eigenvalue weighted by molar-refractivity contribution is 5.19. The number of benzene rings is 2. The van der Waals surface area contributed by atoms with Gasteiger partial charge in [-0.05, 0) is 36.0 Å². The Kier molecular flexibility index (Phi) is 15.3. The van der Waals surface area contributed by atoms with Crippen molar-refractivity contribution in [2.24, 2.45) is 0 Å². The topological polar surface area (TPSA) is 43.7 Å². The summed E-state index contributed by atoms with van der Waals surface area (Å²) in [4.78, 5) is 2.42. The van der Waals surface area contributed by atoms with E-state index < -0.39 is 0 Å². The first-order valence-electron chi connectivity index (χ1n) is 13.5. The van der Waals surface area contributed by atoms with Crippen molar-refractivity contribution in [1.82, 2.24) is 4.90 Å². The predicted molar refractivity (Wildman–Crippen MR) is 145 cm³/mol. The smallest absolute Gasteiger partial charge is 0.0642 e. The van der Waals surface area contributed by atoms with E-state index in [1.54, 1.807) is 0 Å². The van der Waals surface area contributed by atoms with Crippen molar-refractivity contribution in [1.29, 1.82) is 0 Å². The number of hydrogen-bond donors (Lipinski definition) is 2. The maximum Gasteiger partial charge on any atom is 0.0642 e. The molecule has 2 rings (SSSR count). The molecule has 188 valence electrons. The number of aliphatic hydroxyl groups excluding tert-OH is 2. The second-order valence-electron chi connectivity index (χ2n) is 9.52. The van der Waals surface area contributed by atoms with Gasteiger partial charge >= 0.3 is 0 Å². The van der Waals surface area contributed by atoms with Crippen LogP contribution >= 0.6 is 0 Å². The Morgan fingerprint density at radius 2 is 1.24 bits per heavy atom. The minimum absolute atomic E-state index is 0.0890. The van der Waals surface area contributed by atoms with E-state index in [2.05, 4.69) is 66.4 Å². The van der Waals surface area contributed by atoms with Crippen molar-refractivity contribution in [2.75, 3.05) is 13.2 Å². The van der Waals surface area contributed by atoms with Crippen LogP contribution in [0.1, 0.15) is 88.7 Å². The molecule has 0 saturated heterocycles. The molecule has 1 atom stereocenters. The fraction of sp³-hybridized carbons (Fsp3) is 0.548. The predicted octanol–water partition coefficient (Wildman–Crippen LogP) is 7.28. The Morgan fingerprint density at radius 3 is 1.71 bits per heavy atom. The van der Waals surface area contributed by atoms with E-state index in [1.165, 1.54) is 62.5 Å². The molecule has 0 aliphatic carbocycles. The third kappa shape index (κ3) is 12.0. The Bertz CT molecular complexity index is 718. The highest BCUT2D eigenvalue weighted by Gasteiger charge is 2.18. The molecule has 0 bridgehead atoms. The molecule has 2 aromatic rings. The van der Waals surface area contributed by atoms with Gasteiger partial charge in [-0.1, -0.05) is 125 Å². The van der Waals surface area contributed by atoms with Crippen LogP contribution in [0, 0.1) is 0 Å². The Labute approximate surface area is 208 Å². The fourth-order valence-electron chi connectivity index (χ4n) is 4.58. The lowest BCUT2D eigenvalue weighted by Crippen LogP contribution is -2.34. The van der Waals surface area contributed by atoms with Gasteiger partial charge in [-0.3, -0.25) is 4.90 Å². The van der Waals surface area contributed by atoms with Gasteiger partial charge in [0.25, 0.3) is 0 Å². The van der Waals surface area contributed by atoms with Crippen LogP contribution in [0.2, 0.25) is 0 Å². The molecule has 3 nitrogen and oxygen atoms in total. The van der Waals surface area contributed by atoms with Gasteiger partial charge in [0.2, 0.25) is 0 Å². The van der Waals surface area contributed by atoms with Crippen LogP contribution in [0.5, 0.6) is 0 Å². The molecule has 1 unspecified atom stereocenters. The van der Waals surface area contributed by atoms with Crippen LogP contribution in [0.4, 0.5) is 0 Å². The van der Waals surface area contributed by atoms with Gasteiger partial charge in [0, 0.05) is 25.7 Å². The molecule has 34 heavy (non-hydrogen) atoms. The molecule has 3 heteroatoms. The van der Waals surface area contributed by atoms with Crippen LogP contribution in [-0.2, 0) is 13.1 Å². The number of aliphatic hydroxyl groups is 2. The average Bonchev–Trinajstić information content (AvgIpc) is 2.87. The lowest BCUT2D eigenvalue weighted by atomic mass is 10.0. The Balaban J connectivity index is 1.97. The summed E-state index contributed by atoms with van der Waals surface area (Å²) in [5.74, 6) is 0. The van der Waals surface area contributed by atoms with E-state index in [0.717, 1.165) is 31.5 Å². The highest BCUT2D eigenvalue weighted by Crippen LogP contribution is 2.20. The molecule has 0 radical (unpaired) electrons. The third-order valence-corrected chi connectivity index (χ3v) is 6.58. The first-order chi connectivity index (χ1) is 16.8. The Hall–Kier alpha value is -1.94. The minimum Gasteiger partial charge on any atom is -0.396 e. The number of rotatable bonds is 19. The normalized spacial score (nSPS) is 12.9. The van der Waals surface area contributed by atoms with Crippen LogP contribution < -0.4 is 0 Å². The van der Waals surface area contributed by atoms with E-state index in [-0.39, 0.29) is 19.3 Å². The largest absolute Gasteiger partial charge is 0.396 e. The first kappa shape index (κ1) is 28.3. The molecule has 0 spiro atoms. The van der Waals surface area contributed by atoms with E-state index >= 15 is 0 Å². The summed E-state index contributed by atoms with van der Waals surface area (Å²) in [5, 5.41) is 19.9. The van der Waals surface area contributed by atoms with Crippen molar-refractivity contribution in [3.05, 3.63) is 83.4 Å². The summed E-state index contributed by atoms with van der Waals surface area (Å²) in [7, 11) is 0. The Morgan fingerprint density at radius 1 is 0.735 bits per heavy atom. The second-order valence-corrected chi connectivity index (χ2v) is 9.52. The molecule has 2 N–H and O–H groups in total. The zero-order valence-corrected chi connectivity index (χ0v) is 21.4. The van der Waals surface area contributed by atoms with Crippen LogP contribution in [0.15, 0.2) is 72.3 Å². The summed E-state index contributed by atoms with van der Waals surface area (Å²) in [6, 6.07) is 21.1. The lowest BCUT2D eigenvalue weighted by Gasteiger charge is -2.30. The van der Waals surface area contributed by atoms with E-state index in [0.29, 0.717) is 6.42 Å². The molecule has 0 saturated carbocycles. The first-order valence-corrected chi connectivity index (χ1v) is 13.5. The van der Waals surface area contributed by atoms with Gasteiger partial charge in [-0.2, -0.15) is 0 Å². The van der Waals surface area contributed by atoms with Crippen molar-refractivity contribution in [2.45, 2.75) is 96.7 Å². The standard InChI is InChI=1S/C31H47NO2/c1-2-3-4-5-6-7-8-9-12-21-30(27-34)24-31(22-23-33)32(25-28-17-13-10-14-18-28)26-29-19-15-11-16-20-29/h10-11,13-20,24,31,33-34H,2-9,12,21-23,25-27H2,1H3/b30-24-. The lowest BCUT2D eigenvalue weighted by molar-refractivity contribution is 0.169. The fourth-order valence-corrected chi connectivity index (χ4v) is 4.58. The third-order valence-electron chi connectivity index (χ3n) is 6.58. The number of unbranched alkanes of at least 4 members (excludes halogenated alkanes) is 8. The summed E-state index contributed by atoms with van der Waals surface area (Å²) >= 11 is 0. The zero-order chi connectivity index (χ0) is 24.3. The van der Waals surface area contributed by atoms with E-state index in [4.69, 9.17) is 0 Å². The molecule has 0 amide bonds. The minimum atomic E-state index is 0.0890. The number of nitrogens with zero attached hydrogens (tertiary/aromatic N) is 1. The summed E-state index contributed by atoms with van der Waals surface area (Å²) in [5.41, 5.74) is 3.63. The molecule has 0 aliphatic heterocycles. The highest BCUT2D eigenvalue weighted by atomic mass is 16.3. The van der Waals surface area contributed by atoms with Crippen molar-refractivity contribution < 1.29 is 10.2 Å². The summed E-state index contributed by atoms with van der Waals surface area (Å²) < 4.78 is 0. The van der Waals surface area contributed by atoms with Gasteiger partial charge < -0.3 is 10.2 Å².